The molecule has 1 heterocycles. The van der Waals surface area contributed by atoms with Crippen LogP contribution in [0.5, 0.6) is 5.88 Å². The van der Waals surface area contributed by atoms with Crippen molar-refractivity contribution in [3.05, 3.63) is 11.0 Å². The summed E-state index contributed by atoms with van der Waals surface area (Å²) in [4.78, 5) is 4.11. The molecule has 86 valence electrons. The Labute approximate surface area is 96.1 Å². The van der Waals surface area contributed by atoms with Crippen LogP contribution >= 0.6 is 11.6 Å². The highest BCUT2D eigenvalue weighted by molar-refractivity contribution is 6.30. The zero-order valence-corrected chi connectivity index (χ0v) is 10.2. The van der Waals surface area contributed by atoms with Crippen molar-refractivity contribution < 1.29 is 5.11 Å². The van der Waals surface area contributed by atoms with Crippen molar-refractivity contribution in [3.63, 3.8) is 0 Å². The second-order valence-electron chi connectivity index (χ2n) is 3.87. The number of nitrogens with zero attached hydrogens (tertiary/aromatic N) is 2. The number of aryl methyl sites for hydroxylation is 1. The lowest BCUT2D eigenvalue weighted by Gasteiger charge is -2.01. The molecule has 0 spiro atoms. The van der Waals surface area contributed by atoms with Crippen molar-refractivity contribution >= 4 is 11.6 Å². The van der Waals surface area contributed by atoms with Gasteiger partial charge >= 0.3 is 0 Å². The zero-order chi connectivity index (χ0) is 11.3. The number of halogens is 1. The third kappa shape index (κ3) is 3.42. The van der Waals surface area contributed by atoms with E-state index in [1.807, 2.05) is 0 Å². The number of hydrogen-bond donors (Lipinski definition) is 1. The van der Waals surface area contributed by atoms with E-state index in [1.165, 1.54) is 25.7 Å². The van der Waals surface area contributed by atoms with Gasteiger partial charge in [0.2, 0.25) is 5.88 Å². The van der Waals surface area contributed by atoms with Crippen LogP contribution < -0.4 is 0 Å². The quantitative estimate of drug-likeness (QED) is 0.762. The van der Waals surface area contributed by atoms with Gasteiger partial charge in [-0.1, -0.05) is 44.2 Å². The van der Waals surface area contributed by atoms with E-state index < -0.39 is 0 Å². The molecule has 3 nitrogen and oxygen atoms in total. The van der Waals surface area contributed by atoms with Gasteiger partial charge in [-0.05, 0) is 6.42 Å². The number of aromatic nitrogens is 2. The van der Waals surface area contributed by atoms with E-state index in [0.29, 0.717) is 0 Å². The molecule has 0 saturated heterocycles. The first-order valence-electron chi connectivity index (χ1n) is 5.56. The minimum Gasteiger partial charge on any atom is -0.492 e. The van der Waals surface area contributed by atoms with E-state index in [-0.39, 0.29) is 11.0 Å². The van der Waals surface area contributed by atoms with Gasteiger partial charge in [-0.25, -0.2) is 4.98 Å². The predicted molar refractivity (Wildman–Crippen MR) is 62.3 cm³/mol. The Bertz CT molecular complexity index is 310. The molecule has 0 atom stereocenters. The van der Waals surface area contributed by atoms with E-state index in [2.05, 4.69) is 11.9 Å². The van der Waals surface area contributed by atoms with Crippen molar-refractivity contribution in [2.24, 2.45) is 7.05 Å². The summed E-state index contributed by atoms with van der Waals surface area (Å²) in [5.74, 6) is 0.939. The lowest BCUT2D eigenvalue weighted by molar-refractivity contribution is 0.428. The molecule has 1 rings (SSSR count). The van der Waals surface area contributed by atoms with Crippen LogP contribution in [0.25, 0.3) is 0 Å². The molecule has 0 aliphatic heterocycles. The number of imidazole rings is 1. The summed E-state index contributed by atoms with van der Waals surface area (Å²) in [6.07, 6.45) is 7.06. The minimum absolute atomic E-state index is 0.0697. The Morgan fingerprint density at radius 1 is 1.27 bits per heavy atom. The summed E-state index contributed by atoms with van der Waals surface area (Å²) in [7, 11) is 1.79. The second kappa shape index (κ2) is 6.01. The van der Waals surface area contributed by atoms with Crippen LogP contribution in [-0.2, 0) is 13.5 Å². The number of hydrogen-bond acceptors (Lipinski definition) is 2. The van der Waals surface area contributed by atoms with Crippen LogP contribution in [0, 0.1) is 0 Å². The summed E-state index contributed by atoms with van der Waals surface area (Å²) >= 11 is 5.72. The molecule has 1 N–H and O–H groups in total. The van der Waals surface area contributed by atoms with Crippen LogP contribution in [0.4, 0.5) is 0 Å². The predicted octanol–water partition coefficient (Wildman–Crippen LogP) is 3.29. The molecule has 0 saturated carbocycles. The molecule has 0 aliphatic rings. The van der Waals surface area contributed by atoms with Crippen LogP contribution in [-0.4, -0.2) is 14.7 Å². The molecule has 4 heteroatoms. The Balaban J connectivity index is 2.34. The third-order valence-corrected chi connectivity index (χ3v) is 2.87. The molecule has 0 amide bonds. The van der Waals surface area contributed by atoms with E-state index in [4.69, 9.17) is 11.6 Å². The van der Waals surface area contributed by atoms with Crippen LogP contribution in [0.3, 0.4) is 0 Å². The Morgan fingerprint density at radius 3 is 2.47 bits per heavy atom. The summed E-state index contributed by atoms with van der Waals surface area (Å²) in [6, 6.07) is 0. The fourth-order valence-electron chi connectivity index (χ4n) is 1.61. The molecule has 0 unspecified atom stereocenters. The Morgan fingerprint density at radius 2 is 1.93 bits per heavy atom. The molecule has 0 fully saturated rings. The molecule has 1 aromatic heterocycles. The van der Waals surface area contributed by atoms with Gasteiger partial charge in [0.15, 0.2) is 5.15 Å². The maximum atomic E-state index is 9.44. The van der Waals surface area contributed by atoms with Gasteiger partial charge < -0.3 is 9.67 Å². The average Bonchev–Trinajstić information content (AvgIpc) is 2.46. The zero-order valence-electron chi connectivity index (χ0n) is 9.46. The maximum absolute atomic E-state index is 9.44. The smallest absolute Gasteiger partial charge is 0.230 e. The van der Waals surface area contributed by atoms with Crippen LogP contribution in [0.2, 0.25) is 5.15 Å². The number of unbranched alkanes of at least 4 members (excludes halogenated alkanes) is 4. The highest BCUT2D eigenvalue weighted by atomic mass is 35.5. The fraction of sp³-hybridized carbons (Fsp3) is 0.727. The summed E-state index contributed by atoms with van der Waals surface area (Å²) in [5, 5.41) is 9.65. The Hall–Kier alpha value is -0.700. The summed E-state index contributed by atoms with van der Waals surface area (Å²) in [6.45, 7) is 2.20. The SMILES string of the molecule is CCCCCCCc1nc(Cl)c(O)n1C. The van der Waals surface area contributed by atoms with Gasteiger partial charge in [0.25, 0.3) is 0 Å². The fourth-order valence-corrected chi connectivity index (χ4v) is 1.83. The summed E-state index contributed by atoms with van der Waals surface area (Å²) in [5.41, 5.74) is 0. The number of aromatic hydroxyl groups is 1. The molecule has 15 heavy (non-hydrogen) atoms. The van der Waals surface area contributed by atoms with Crippen molar-refractivity contribution in [1.82, 2.24) is 9.55 Å². The second-order valence-corrected chi connectivity index (χ2v) is 4.22. The largest absolute Gasteiger partial charge is 0.492 e. The van der Waals surface area contributed by atoms with Gasteiger partial charge in [-0.2, -0.15) is 0 Å². The van der Waals surface area contributed by atoms with E-state index >= 15 is 0 Å². The molecule has 0 radical (unpaired) electrons. The first-order valence-corrected chi connectivity index (χ1v) is 5.94. The van der Waals surface area contributed by atoms with Gasteiger partial charge in [0.1, 0.15) is 5.82 Å². The van der Waals surface area contributed by atoms with Crippen LogP contribution in [0.1, 0.15) is 44.9 Å². The topological polar surface area (TPSA) is 38.1 Å². The molecule has 0 aliphatic carbocycles. The average molecular weight is 231 g/mol. The van der Waals surface area contributed by atoms with E-state index in [1.54, 1.807) is 11.6 Å². The van der Waals surface area contributed by atoms with Crippen LogP contribution in [0.15, 0.2) is 0 Å². The van der Waals surface area contributed by atoms with Gasteiger partial charge in [0.05, 0.1) is 0 Å². The number of rotatable bonds is 6. The monoisotopic (exact) mass is 230 g/mol. The Kier molecular flexibility index (Phi) is 4.95. The van der Waals surface area contributed by atoms with Crippen molar-refractivity contribution in [2.75, 3.05) is 0 Å². The maximum Gasteiger partial charge on any atom is 0.230 e. The lowest BCUT2D eigenvalue weighted by atomic mass is 10.1. The molecular formula is C11H19ClN2O. The van der Waals surface area contributed by atoms with E-state index in [0.717, 1.165) is 18.7 Å². The van der Waals surface area contributed by atoms with Gasteiger partial charge in [-0.3, -0.25) is 0 Å². The standard InChI is InChI=1S/C11H19ClN2O/c1-3-4-5-6-7-8-9-13-10(12)11(15)14(9)2/h15H,3-8H2,1-2H3. The molecular weight excluding hydrogens is 212 g/mol. The molecule has 0 bridgehead atoms. The van der Waals surface area contributed by atoms with Gasteiger partial charge in [0, 0.05) is 13.5 Å². The van der Waals surface area contributed by atoms with Crippen molar-refractivity contribution in [1.29, 1.82) is 0 Å². The molecule has 1 aromatic rings. The highest BCUT2D eigenvalue weighted by Crippen LogP contribution is 2.23. The minimum atomic E-state index is 0.0697. The van der Waals surface area contributed by atoms with Gasteiger partial charge in [-0.15, -0.1) is 0 Å². The van der Waals surface area contributed by atoms with Crippen molar-refractivity contribution in [2.45, 2.75) is 45.4 Å². The normalized spacial score (nSPS) is 10.9. The third-order valence-electron chi connectivity index (χ3n) is 2.62. The van der Waals surface area contributed by atoms with Crippen molar-refractivity contribution in [3.8, 4) is 5.88 Å². The summed E-state index contributed by atoms with van der Waals surface area (Å²) < 4.78 is 1.65. The first kappa shape index (κ1) is 12.4. The lowest BCUT2D eigenvalue weighted by Crippen LogP contribution is -1.97. The molecule has 0 aromatic carbocycles. The highest BCUT2D eigenvalue weighted by Gasteiger charge is 2.10. The first-order chi connectivity index (χ1) is 7.16. The van der Waals surface area contributed by atoms with E-state index in [9.17, 15) is 5.11 Å².